The summed E-state index contributed by atoms with van der Waals surface area (Å²) < 4.78 is 20.8. The van der Waals surface area contributed by atoms with E-state index in [4.69, 9.17) is 18.9 Å². The second kappa shape index (κ2) is 10.5. The molecule has 0 amide bonds. The molecule has 1 aromatic rings. The van der Waals surface area contributed by atoms with Crippen molar-refractivity contribution in [2.24, 2.45) is 0 Å². The number of hydrogen-bond acceptors (Lipinski definition) is 5. The fourth-order valence-electron chi connectivity index (χ4n) is 2.13. The van der Waals surface area contributed by atoms with E-state index in [2.05, 4.69) is 6.92 Å². The van der Waals surface area contributed by atoms with Crippen molar-refractivity contribution in [3.05, 3.63) is 30.0 Å². The van der Waals surface area contributed by atoms with Crippen molar-refractivity contribution >= 4 is 5.97 Å². The van der Waals surface area contributed by atoms with E-state index in [1.54, 1.807) is 12.1 Å². The van der Waals surface area contributed by atoms with Crippen LogP contribution in [0.25, 0.3) is 0 Å². The number of esters is 1. The van der Waals surface area contributed by atoms with Crippen LogP contribution in [0.1, 0.15) is 49.4 Å². The van der Waals surface area contributed by atoms with Crippen LogP contribution in [-0.4, -0.2) is 27.3 Å². The molecule has 0 aliphatic rings. The molecule has 0 saturated heterocycles. The molecule has 0 aliphatic carbocycles. The van der Waals surface area contributed by atoms with Gasteiger partial charge in [-0.1, -0.05) is 26.2 Å². The van der Waals surface area contributed by atoms with E-state index >= 15 is 0 Å². The van der Waals surface area contributed by atoms with Gasteiger partial charge >= 0.3 is 5.97 Å². The zero-order valence-corrected chi connectivity index (χ0v) is 14.4. The van der Waals surface area contributed by atoms with E-state index in [0.29, 0.717) is 17.2 Å². The third-order valence-electron chi connectivity index (χ3n) is 3.41. The van der Waals surface area contributed by atoms with Gasteiger partial charge in [-0.2, -0.15) is 0 Å². The predicted molar refractivity (Wildman–Crippen MR) is 89.4 cm³/mol. The Kier molecular flexibility index (Phi) is 8.65. The van der Waals surface area contributed by atoms with Gasteiger partial charge in [-0.05, 0) is 18.9 Å². The lowest BCUT2D eigenvalue weighted by Crippen LogP contribution is -2.07. The maximum Gasteiger partial charge on any atom is 0.350 e. The van der Waals surface area contributed by atoms with Crippen LogP contribution in [0.15, 0.2) is 24.5 Å². The first-order valence-corrected chi connectivity index (χ1v) is 7.83. The van der Waals surface area contributed by atoms with Crippen LogP contribution < -0.4 is 14.2 Å². The molecule has 5 heteroatoms. The molecule has 1 rings (SSSR count). The molecule has 0 aliphatic heterocycles. The monoisotopic (exact) mass is 322 g/mol. The predicted octanol–water partition coefficient (Wildman–Crippen LogP) is 4.35. The van der Waals surface area contributed by atoms with Crippen LogP contribution in [0.4, 0.5) is 0 Å². The summed E-state index contributed by atoms with van der Waals surface area (Å²) in [5.74, 6) is 0.720. The van der Waals surface area contributed by atoms with Gasteiger partial charge in [0, 0.05) is 12.1 Å². The maximum atomic E-state index is 12.3. The minimum absolute atomic E-state index is 0.242. The molecule has 0 fully saturated rings. The van der Waals surface area contributed by atoms with Gasteiger partial charge in [0.15, 0.2) is 0 Å². The molecule has 0 saturated carbocycles. The highest BCUT2D eigenvalue weighted by atomic mass is 16.5. The van der Waals surface area contributed by atoms with Crippen molar-refractivity contribution < 1.29 is 23.7 Å². The van der Waals surface area contributed by atoms with Crippen molar-refractivity contribution in [1.29, 1.82) is 0 Å². The minimum atomic E-state index is -0.522. The van der Waals surface area contributed by atoms with E-state index in [1.807, 2.05) is 6.08 Å². The van der Waals surface area contributed by atoms with Gasteiger partial charge < -0.3 is 18.9 Å². The first-order valence-electron chi connectivity index (χ1n) is 7.83. The lowest BCUT2D eigenvalue weighted by atomic mass is 10.1. The van der Waals surface area contributed by atoms with E-state index < -0.39 is 5.97 Å². The standard InChI is InChI=1S/C18H26O5/c1-5-6-7-8-9-10-11-23-18(19)17-15(21-3)12-14(20-2)13-16(17)22-4/h10-13H,5-9H2,1-4H3/b11-10-. The largest absolute Gasteiger partial charge is 0.496 e. The number of ether oxygens (including phenoxy) is 4. The second-order valence-electron chi connectivity index (χ2n) is 5.03. The molecule has 128 valence electrons. The molecular weight excluding hydrogens is 296 g/mol. The van der Waals surface area contributed by atoms with Crippen LogP contribution >= 0.6 is 0 Å². The molecule has 0 aromatic heterocycles. The normalized spacial score (nSPS) is 10.6. The summed E-state index contributed by atoms with van der Waals surface area (Å²) in [4.78, 5) is 12.3. The molecule has 5 nitrogen and oxygen atoms in total. The highest BCUT2D eigenvalue weighted by Crippen LogP contribution is 2.34. The summed E-state index contributed by atoms with van der Waals surface area (Å²) in [6, 6.07) is 3.24. The van der Waals surface area contributed by atoms with E-state index in [-0.39, 0.29) is 5.56 Å². The summed E-state index contributed by atoms with van der Waals surface area (Å²) in [5, 5.41) is 0. The van der Waals surface area contributed by atoms with Crippen molar-refractivity contribution in [3.8, 4) is 17.2 Å². The average molecular weight is 322 g/mol. The molecule has 0 unspecified atom stereocenters. The average Bonchev–Trinajstić information content (AvgIpc) is 2.59. The zero-order valence-electron chi connectivity index (χ0n) is 14.4. The lowest BCUT2D eigenvalue weighted by molar-refractivity contribution is 0.0654. The van der Waals surface area contributed by atoms with Crippen LogP contribution in [0.3, 0.4) is 0 Å². The zero-order chi connectivity index (χ0) is 17.1. The first-order chi connectivity index (χ1) is 11.2. The highest BCUT2D eigenvalue weighted by molar-refractivity contribution is 5.96. The SMILES string of the molecule is CCCCCC/C=C\OC(=O)c1c(OC)cc(OC)cc1OC. The number of methoxy groups -OCH3 is 3. The van der Waals surface area contributed by atoms with Gasteiger partial charge in [0.05, 0.1) is 27.6 Å². The van der Waals surface area contributed by atoms with E-state index in [1.165, 1.54) is 46.9 Å². The summed E-state index contributed by atoms with van der Waals surface area (Å²) in [6.07, 6.45) is 8.90. The smallest absolute Gasteiger partial charge is 0.350 e. The molecule has 0 heterocycles. The Morgan fingerprint density at radius 2 is 1.65 bits per heavy atom. The second-order valence-corrected chi connectivity index (χ2v) is 5.03. The summed E-state index contributed by atoms with van der Waals surface area (Å²) in [6.45, 7) is 2.17. The Morgan fingerprint density at radius 3 is 2.17 bits per heavy atom. The number of unbranched alkanes of at least 4 members (excludes halogenated alkanes) is 4. The fraction of sp³-hybridized carbons (Fsp3) is 0.500. The summed E-state index contributed by atoms with van der Waals surface area (Å²) in [7, 11) is 4.50. The number of carbonyl (C=O) groups is 1. The van der Waals surface area contributed by atoms with Gasteiger partial charge in [-0.25, -0.2) is 4.79 Å². The summed E-state index contributed by atoms with van der Waals surface area (Å²) >= 11 is 0. The van der Waals surface area contributed by atoms with Gasteiger partial charge in [0.2, 0.25) is 0 Å². The van der Waals surface area contributed by atoms with Crippen molar-refractivity contribution in [3.63, 3.8) is 0 Å². The number of carbonyl (C=O) groups excluding carboxylic acids is 1. The quantitative estimate of drug-likeness (QED) is 0.364. The minimum Gasteiger partial charge on any atom is -0.496 e. The summed E-state index contributed by atoms with van der Waals surface area (Å²) in [5.41, 5.74) is 0.242. The van der Waals surface area contributed by atoms with Gasteiger partial charge in [-0.15, -0.1) is 0 Å². The van der Waals surface area contributed by atoms with Crippen LogP contribution in [0, 0.1) is 0 Å². The molecular formula is C18H26O5. The number of allylic oxidation sites excluding steroid dienone is 1. The Labute approximate surface area is 138 Å². The van der Waals surface area contributed by atoms with Gasteiger partial charge in [0.1, 0.15) is 22.8 Å². The number of rotatable bonds is 10. The van der Waals surface area contributed by atoms with Crippen LogP contribution in [-0.2, 0) is 4.74 Å². The molecule has 0 bridgehead atoms. The van der Waals surface area contributed by atoms with E-state index in [9.17, 15) is 4.79 Å². The van der Waals surface area contributed by atoms with Crippen molar-refractivity contribution in [2.45, 2.75) is 39.0 Å². The molecule has 0 spiro atoms. The fourth-order valence-corrected chi connectivity index (χ4v) is 2.13. The molecule has 0 atom stereocenters. The van der Waals surface area contributed by atoms with E-state index in [0.717, 1.165) is 12.8 Å². The third-order valence-corrected chi connectivity index (χ3v) is 3.41. The molecule has 0 N–H and O–H groups in total. The van der Waals surface area contributed by atoms with Gasteiger partial charge in [0.25, 0.3) is 0 Å². The Balaban J connectivity index is 2.73. The molecule has 0 radical (unpaired) electrons. The molecule has 1 aromatic carbocycles. The van der Waals surface area contributed by atoms with Crippen molar-refractivity contribution in [1.82, 2.24) is 0 Å². The lowest BCUT2D eigenvalue weighted by Gasteiger charge is -2.13. The number of benzene rings is 1. The first kappa shape index (κ1) is 18.9. The van der Waals surface area contributed by atoms with Gasteiger partial charge in [-0.3, -0.25) is 0 Å². The Bertz CT molecular complexity index is 497. The van der Waals surface area contributed by atoms with Crippen LogP contribution in [0.2, 0.25) is 0 Å². The van der Waals surface area contributed by atoms with Crippen LogP contribution in [0.5, 0.6) is 17.2 Å². The third kappa shape index (κ3) is 5.85. The Morgan fingerprint density at radius 1 is 1.00 bits per heavy atom. The topological polar surface area (TPSA) is 54.0 Å². The highest BCUT2D eigenvalue weighted by Gasteiger charge is 2.21. The molecule has 23 heavy (non-hydrogen) atoms. The van der Waals surface area contributed by atoms with Crippen molar-refractivity contribution in [2.75, 3.05) is 21.3 Å². The maximum absolute atomic E-state index is 12.3. The Hall–Kier alpha value is -2.17. The number of hydrogen-bond donors (Lipinski definition) is 0.